The van der Waals surface area contributed by atoms with Gasteiger partial charge in [-0.1, -0.05) is 24.3 Å². The first-order valence-corrected chi connectivity index (χ1v) is 10.9. The number of nitrogens with zero attached hydrogens (tertiary/aromatic N) is 2. The molecule has 2 aliphatic heterocycles. The molecule has 30 heavy (non-hydrogen) atoms. The fraction of sp³-hybridized carbons (Fsp3) is 0.417. The molecule has 2 aromatic rings. The lowest BCUT2D eigenvalue weighted by Crippen LogP contribution is -2.56. The first kappa shape index (κ1) is 20.3. The summed E-state index contributed by atoms with van der Waals surface area (Å²) in [6.07, 6.45) is 6.59. The number of nitrogens with two attached hydrogens (primary N) is 2. The van der Waals surface area contributed by atoms with Gasteiger partial charge >= 0.3 is 0 Å². The van der Waals surface area contributed by atoms with Crippen LogP contribution in [-0.2, 0) is 0 Å². The van der Waals surface area contributed by atoms with Crippen LogP contribution in [0.3, 0.4) is 0 Å². The number of hydrogen-bond donors (Lipinski definition) is 2. The molecule has 2 saturated heterocycles. The van der Waals surface area contributed by atoms with Crippen LogP contribution in [0.25, 0.3) is 0 Å². The third kappa shape index (κ3) is 3.86. The summed E-state index contributed by atoms with van der Waals surface area (Å²) in [7, 11) is 0. The average molecular weight is 407 g/mol. The van der Waals surface area contributed by atoms with Crippen LogP contribution in [0.5, 0.6) is 0 Å². The molecule has 2 fully saturated rings. The van der Waals surface area contributed by atoms with E-state index >= 15 is 0 Å². The number of para-hydroxylation sites is 2. The summed E-state index contributed by atoms with van der Waals surface area (Å²) in [5.41, 5.74) is 14.4. The van der Waals surface area contributed by atoms with Gasteiger partial charge in [0.05, 0.1) is 11.1 Å². The predicted molar refractivity (Wildman–Crippen MR) is 120 cm³/mol. The Morgan fingerprint density at radius 3 is 1.47 bits per heavy atom. The minimum absolute atomic E-state index is 0.250. The lowest BCUT2D eigenvalue weighted by atomic mass is 9.87. The summed E-state index contributed by atoms with van der Waals surface area (Å²) >= 11 is 0. The minimum atomic E-state index is -0.394. The Hall–Kier alpha value is -3.02. The Balaban J connectivity index is 1.73. The number of benzene rings is 2. The maximum absolute atomic E-state index is 12.1. The zero-order chi connectivity index (χ0) is 21.1. The summed E-state index contributed by atoms with van der Waals surface area (Å²) in [4.78, 5) is 28.9. The molecular formula is C24H30N4O2. The highest BCUT2D eigenvalue weighted by molar-refractivity contribution is 5.99. The van der Waals surface area contributed by atoms with E-state index in [9.17, 15) is 9.59 Å². The molecular weight excluding hydrogens is 376 g/mol. The lowest BCUT2D eigenvalue weighted by molar-refractivity contribution is 0.0991. The Bertz CT molecular complexity index is 853. The molecule has 4 rings (SSSR count). The number of rotatable bonds is 5. The van der Waals surface area contributed by atoms with Crippen molar-refractivity contribution in [3.05, 3.63) is 59.7 Å². The maximum atomic E-state index is 12.1. The second-order valence-corrected chi connectivity index (χ2v) is 8.28. The second kappa shape index (κ2) is 8.78. The number of amides is 2. The molecule has 0 radical (unpaired) electrons. The Morgan fingerprint density at radius 1 is 0.667 bits per heavy atom. The zero-order valence-corrected chi connectivity index (χ0v) is 17.3. The van der Waals surface area contributed by atoms with E-state index < -0.39 is 11.8 Å². The van der Waals surface area contributed by atoms with Crippen molar-refractivity contribution in [3.63, 3.8) is 0 Å². The molecule has 2 heterocycles. The van der Waals surface area contributed by atoms with Gasteiger partial charge in [0.15, 0.2) is 0 Å². The van der Waals surface area contributed by atoms with Gasteiger partial charge < -0.3 is 21.3 Å². The molecule has 2 aromatic carbocycles. The average Bonchev–Trinajstić information content (AvgIpc) is 2.79. The molecule has 0 bridgehead atoms. The van der Waals surface area contributed by atoms with Gasteiger partial charge in [-0.15, -0.1) is 0 Å². The fourth-order valence-electron chi connectivity index (χ4n) is 5.18. The number of primary amides is 2. The van der Waals surface area contributed by atoms with Crippen molar-refractivity contribution in [1.29, 1.82) is 0 Å². The standard InChI is InChI=1S/C24H30N4O2/c25-23(29)17-9-1-3-11-19(17)27-15-7-5-13-21(27)22-14-6-8-16-28(22)20-12-4-2-10-18(20)24(26)30/h1-4,9-12,21-22H,5-8,13-16H2,(H2,25,29)(H2,26,30)/t21-,22-/m1/s1. The molecule has 0 spiro atoms. The number of carbonyl (C=O) groups excluding carboxylic acids is 2. The Kier molecular flexibility index (Phi) is 5.93. The van der Waals surface area contributed by atoms with Gasteiger partial charge in [-0.05, 0) is 62.8 Å². The van der Waals surface area contributed by atoms with Crippen LogP contribution in [0, 0.1) is 0 Å². The molecule has 2 atom stereocenters. The van der Waals surface area contributed by atoms with Crippen molar-refractivity contribution in [2.24, 2.45) is 11.5 Å². The van der Waals surface area contributed by atoms with E-state index in [-0.39, 0.29) is 12.1 Å². The van der Waals surface area contributed by atoms with E-state index in [2.05, 4.69) is 9.80 Å². The molecule has 0 aromatic heterocycles. The second-order valence-electron chi connectivity index (χ2n) is 8.28. The normalized spacial score (nSPS) is 22.0. The topological polar surface area (TPSA) is 92.7 Å². The summed E-state index contributed by atoms with van der Waals surface area (Å²) in [6, 6.07) is 15.8. The van der Waals surface area contributed by atoms with Crippen LogP contribution >= 0.6 is 0 Å². The van der Waals surface area contributed by atoms with Crippen molar-refractivity contribution < 1.29 is 9.59 Å². The highest BCUT2D eigenvalue weighted by Crippen LogP contribution is 2.36. The zero-order valence-electron chi connectivity index (χ0n) is 17.3. The van der Waals surface area contributed by atoms with Crippen molar-refractivity contribution in [1.82, 2.24) is 0 Å². The third-order valence-corrected chi connectivity index (χ3v) is 6.50. The van der Waals surface area contributed by atoms with E-state index in [0.29, 0.717) is 11.1 Å². The van der Waals surface area contributed by atoms with Gasteiger partial charge in [0, 0.05) is 36.5 Å². The molecule has 2 amide bonds. The van der Waals surface area contributed by atoms with Crippen molar-refractivity contribution in [2.75, 3.05) is 22.9 Å². The highest BCUT2D eigenvalue weighted by atomic mass is 16.1. The summed E-state index contributed by atoms with van der Waals surface area (Å²) in [5.74, 6) is -0.788. The molecule has 0 saturated carbocycles. The quantitative estimate of drug-likeness (QED) is 0.797. The first-order chi connectivity index (χ1) is 14.6. The smallest absolute Gasteiger partial charge is 0.250 e. The van der Waals surface area contributed by atoms with Crippen molar-refractivity contribution in [2.45, 2.75) is 50.6 Å². The van der Waals surface area contributed by atoms with Gasteiger partial charge in [-0.25, -0.2) is 0 Å². The highest BCUT2D eigenvalue weighted by Gasteiger charge is 2.37. The van der Waals surface area contributed by atoms with Gasteiger partial charge in [0.1, 0.15) is 0 Å². The number of anilines is 2. The maximum Gasteiger partial charge on any atom is 0.250 e. The molecule has 2 aliphatic rings. The molecule has 0 unspecified atom stereocenters. The monoisotopic (exact) mass is 406 g/mol. The molecule has 158 valence electrons. The van der Waals surface area contributed by atoms with Crippen LogP contribution in [-0.4, -0.2) is 37.0 Å². The van der Waals surface area contributed by atoms with Gasteiger partial charge in [0.25, 0.3) is 11.8 Å². The van der Waals surface area contributed by atoms with Crippen molar-refractivity contribution in [3.8, 4) is 0 Å². The Labute approximate surface area is 177 Å². The fourth-order valence-corrected chi connectivity index (χ4v) is 5.18. The summed E-state index contributed by atoms with van der Waals surface area (Å²) in [6.45, 7) is 1.80. The first-order valence-electron chi connectivity index (χ1n) is 10.9. The van der Waals surface area contributed by atoms with Crippen LogP contribution in [0.1, 0.15) is 59.2 Å². The van der Waals surface area contributed by atoms with Crippen LogP contribution in [0.15, 0.2) is 48.5 Å². The van der Waals surface area contributed by atoms with Gasteiger partial charge in [-0.2, -0.15) is 0 Å². The van der Waals surface area contributed by atoms with Crippen LogP contribution in [0.2, 0.25) is 0 Å². The van der Waals surface area contributed by atoms with Crippen LogP contribution < -0.4 is 21.3 Å². The summed E-state index contributed by atoms with van der Waals surface area (Å²) < 4.78 is 0. The van der Waals surface area contributed by atoms with E-state index in [1.54, 1.807) is 0 Å². The molecule has 6 heteroatoms. The SMILES string of the molecule is NC(=O)c1ccccc1N1CCCC[C@@H]1[C@H]1CCCCN1c1ccccc1C(N)=O. The van der Waals surface area contributed by atoms with E-state index in [4.69, 9.17) is 11.5 Å². The van der Waals surface area contributed by atoms with E-state index in [1.807, 2.05) is 48.5 Å². The molecule has 0 aliphatic carbocycles. The van der Waals surface area contributed by atoms with Gasteiger partial charge in [0.2, 0.25) is 0 Å². The minimum Gasteiger partial charge on any atom is -0.366 e. The number of piperidine rings is 2. The molecule has 6 nitrogen and oxygen atoms in total. The summed E-state index contributed by atoms with van der Waals surface area (Å²) in [5, 5.41) is 0. The van der Waals surface area contributed by atoms with E-state index in [0.717, 1.165) is 63.0 Å². The molecule has 4 N–H and O–H groups in total. The number of carbonyl (C=O) groups is 2. The predicted octanol–water partition coefficient (Wildman–Crippen LogP) is 3.30. The number of hydrogen-bond acceptors (Lipinski definition) is 4. The van der Waals surface area contributed by atoms with E-state index in [1.165, 1.54) is 0 Å². The van der Waals surface area contributed by atoms with Gasteiger partial charge in [-0.3, -0.25) is 9.59 Å². The third-order valence-electron chi connectivity index (χ3n) is 6.50. The van der Waals surface area contributed by atoms with Crippen molar-refractivity contribution >= 4 is 23.2 Å². The Morgan fingerprint density at radius 2 is 1.07 bits per heavy atom. The lowest BCUT2D eigenvalue weighted by Gasteiger charge is -2.49. The largest absolute Gasteiger partial charge is 0.366 e. The van der Waals surface area contributed by atoms with Crippen LogP contribution in [0.4, 0.5) is 11.4 Å².